The smallest absolute Gasteiger partial charge is 0.300 e. The molecule has 2 aromatic heterocycles. The molecule has 0 saturated carbocycles. The molecule has 0 spiro atoms. The fraction of sp³-hybridized carbons (Fsp3) is 0.538. The number of ether oxygens (including phenoxy) is 1. The molecule has 0 unspecified atom stereocenters. The van der Waals surface area contributed by atoms with Crippen molar-refractivity contribution in [1.82, 2.24) is 9.55 Å². The highest BCUT2D eigenvalue weighted by Crippen LogP contribution is 2.27. The zero-order valence-electron chi connectivity index (χ0n) is 11.1. The second-order valence-corrected chi connectivity index (χ2v) is 6.73. The van der Waals surface area contributed by atoms with Gasteiger partial charge in [-0.15, -0.1) is 11.3 Å². The Labute approximate surface area is 124 Å². The highest BCUT2D eigenvalue weighted by Gasteiger charge is 2.14. The lowest BCUT2D eigenvalue weighted by Crippen LogP contribution is -2.23. The van der Waals surface area contributed by atoms with Crippen molar-refractivity contribution in [1.29, 1.82) is 0 Å². The normalized spacial score (nSPS) is 11.1. The molecule has 4 nitrogen and oxygen atoms in total. The standard InChI is InChI=1S/C13H17BrN2O2S/c1-3-5-6-16-12(17)9-8-10(14)19-11(9)15-13(16)18-7-4-2/h8H,3-7H2,1-2H3. The maximum atomic E-state index is 12.5. The quantitative estimate of drug-likeness (QED) is 0.800. The molecule has 0 bridgehead atoms. The topological polar surface area (TPSA) is 44.1 Å². The van der Waals surface area contributed by atoms with Gasteiger partial charge in [0.25, 0.3) is 5.56 Å². The van der Waals surface area contributed by atoms with Gasteiger partial charge in [-0.3, -0.25) is 9.36 Å². The van der Waals surface area contributed by atoms with Crippen LogP contribution in [0.15, 0.2) is 14.6 Å². The number of fused-ring (bicyclic) bond motifs is 1. The van der Waals surface area contributed by atoms with Crippen LogP contribution in [0.1, 0.15) is 33.1 Å². The number of nitrogens with zero attached hydrogens (tertiary/aromatic N) is 2. The highest BCUT2D eigenvalue weighted by molar-refractivity contribution is 9.11. The molecule has 0 fully saturated rings. The number of unbranched alkanes of at least 4 members (excludes halogenated alkanes) is 1. The van der Waals surface area contributed by atoms with E-state index in [1.54, 1.807) is 4.57 Å². The summed E-state index contributed by atoms with van der Waals surface area (Å²) in [5.41, 5.74) is -0.00787. The molecule has 2 aromatic rings. The van der Waals surface area contributed by atoms with Gasteiger partial charge < -0.3 is 4.74 Å². The molecule has 0 aliphatic rings. The van der Waals surface area contributed by atoms with Gasteiger partial charge in [-0.25, -0.2) is 0 Å². The number of halogens is 1. The first-order valence-corrected chi connectivity index (χ1v) is 8.11. The minimum Gasteiger partial charge on any atom is -0.465 e. The summed E-state index contributed by atoms with van der Waals surface area (Å²) in [7, 11) is 0. The fourth-order valence-electron chi connectivity index (χ4n) is 1.78. The lowest BCUT2D eigenvalue weighted by Gasteiger charge is -2.11. The summed E-state index contributed by atoms with van der Waals surface area (Å²) in [5.74, 6) is 0. The van der Waals surface area contributed by atoms with Crippen LogP contribution in [-0.2, 0) is 6.54 Å². The SMILES string of the molecule is CCCCn1c(OCCC)nc2sc(Br)cc2c1=O. The van der Waals surface area contributed by atoms with Gasteiger partial charge in [0.15, 0.2) is 0 Å². The van der Waals surface area contributed by atoms with Crippen LogP contribution in [0.4, 0.5) is 0 Å². The number of rotatable bonds is 6. The van der Waals surface area contributed by atoms with Crippen molar-refractivity contribution in [3.05, 3.63) is 20.2 Å². The van der Waals surface area contributed by atoms with Gasteiger partial charge in [0.2, 0.25) is 0 Å². The van der Waals surface area contributed by atoms with Crippen molar-refractivity contribution in [3.63, 3.8) is 0 Å². The zero-order chi connectivity index (χ0) is 13.8. The Balaban J connectivity index is 2.51. The summed E-state index contributed by atoms with van der Waals surface area (Å²) < 4.78 is 8.20. The lowest BCUT2D eigenvalue weighted by atomic mass is 10.3. The molecule has 2 heterocycles. The molecule has 6 heteroatoms. The Morgan fingerprint density at radius 2 is 2.21 bits per heavy atom. The Hall–Kier alpha value is -0.880. The molecule has 104 valence electrons. The van der Waals surface area contributed by atoms with Crippen LogP contribution in [0.2, 0.25) is 0 Å². The Kier molecular flexibility index (Phi) is 4.99. The van der Waals surface area contributed by atoms with E-state index in [0.29, 0.717) is 24.5 Å². The average molecular weight is 345 g/mol. The van der Waals surface area contributed by atoms with Crippen LogP contribution in [0, 0.1) is 0 Å². The van der Waals surface area contributed by atoms with Crippen molar-refractivity contribution in [2.45, 2.75) is 39.7 Å². The first kappa shape index (κ1) is 14.5. The van der Waals surface area contributed by atoms with Gasteiger partial charge in [-0.05, 0) is 34.8 Å². The van der Waals surface area contributed by atoms with E-state index in [-0.39, 0.29) is 5.56 Å². The Bertz CT molecular complexity index is 621. The molecule has 0 atom stereocenters. The summed E-state index contributed by atoms with van der Waals surface area (Å²) in [6.07, 6.45) is 2.88. The number of thiophene rings is 1. The average Bonchev–Trinajstić information content (AvgIpc) is 2.76. The van der Waals surface area contributed by atoms with Crippen LogP contribution in [-0.4, -0.2) is 16.2 Å². The molecule has 0 aliphatic heterocycles. The van der Waals surface area contributed by atoms with Crippen LogP contribution in [0.25, 0.3) is 10.2 Å². The third kappa shape index (κ3) is 3.17. The summed E-state index contributed by atoms with van der Waals surface area (Å²) in [4.78, 5) is 17.7. The zero-order valence-corrected chi connectivity index (χ0v) is 13.5. The summed E-state index contributed by atoms with van der Waals surface area (Å²) >= 11 is 4.86. The molecule has 2 rings (SSSR count). The Morgan fingerprint density at radius 1 is 1.42 bits per heavy atom. The van der Waals surface area contributed by atoms with Crippen LogP contribution < -0.4 is 10.3 Å². The lowest BCUT2D eigenvalue weighted by molar-refractivity contribution is 0.272. The molecular weight excluding hydrogens is 328 g/mol. The van der Waals surface area contributed by atoms with E-state index in [4.69, 9.17) is 4.74 Å². The molecule has 0 N–H and O–H groups in total. The minimum atomic E-state index is -0.00787. The van der Waals surface area contributed by atoms with E-state index in [2.05, 4.69) is 27.8 Å². The number of aromatic nitrogens is 2. The maximum Gasteiger partial charge on any atom is 0.300 e. The fourth-order valence-corrected chi connectivity index (χ4v) is 3.22. The summed E-state index contributed by atoms with van der Waals surface area (Å²) in [6, 6.07) is 2.28. The molecule has 19 heavy (non-hydrogen) atoms. The largest absolute Gasteiger partial charge is 0.465 e. The van der Waals surface area contributed by atoms with E-state index in [0.717, 1.165) is 27.9 Å². The summed E-state index contributed by atoms with van der Waals surface area (Å²) in [6.45, 7) is 5.38. The predicted octanol–water partition coefficient (Wildman–Crippen LogP) is 3.81. The van der Waals surface area contributed by atoms with Crippen LogP contribution in [0.5, 0.6) is 6.01 Å². The Morgan fingerprint density at radius 3 is 2.89 bits per heavy atom. The molecule has 0 saturated heterocycles. The van der Waals surface area contributed by atoms with Crippen molar-refractivity contribution < 1.29 is 4.74 Å². The van der Waals surface area contributed by atoms with Crippen molar-refractivity contribution >= 4 is 37.5 Å². The van der Waals surface area contributed by atoms with Gasteiger partial charge >= 0.3 is 6.01 Å². The second-order valence-electron chi connectivity index (χ2n) is 4.32. The van der Waals surface area contributed by atoms with Crippen molar-refractivity contribution in [3.8, 4) is 6.01 Å². The predicted molar refractivity (Wildman–Crippen MR) is 82.3 cm³/mol. The second kappa shape index (κ2) is 6.52. The maximum absolute atomic E-state index is 12.5. The van der Waals surface area contributed by atoms with Gasteiger partial charge in [-0.1, -0.05) is 20.3 Å². The van der Waals surface area contributed by atoms with Gasteiger partial charge in [0.05, 0.1) is 15.8 Å². The van der Waals surface area contributed by atoms with Crippen molar-refractivity contribution in [2.75, 3.05) is 6.61 Å². The van der Waals surface area contributed by atoms with E-state index in [9.17, 15) is 4.79 Å². The van der Waals surface area contributed by atoms with Crippen LogP contribution >= 0.6 is 27.3 Å². The summed E-state index contributed by atoms with van der Waals surface area (Å²) in [5, 5.41) is 0.664. The third-order valence-corrected chi connectivity index (χ3v) is 4.29. The van der Waals surface area contributed by atoms with E-state index >= 15 is 0 Å². The van der Waals surface area contributed by atoms with E-state index in [1.807, 2.05) is 13.0 Å². The van der Waals surface area contributed by atoms with E-state index < -0.39 is 0 Å². The van der Waals surface area contributed by atoms with Gasteiger partial charge in [-0.2, -0.15) is 4.98 Å². The third-order valence-electron chi connectivity index (χ3n) is 2.76. The molecule has 0 amide bonds. The monoisotopic (exact) mass is 344 g/mol. The van der Waals surface area contributed by atoms with Crippen molar-refractivity contribution in [2.24, 2.45) is 0 Å². The molecule has 0 aliphatic carbocycles. The van der Waals surface area contributed by atoms with Gasteiger partial charge in [0.1, 0.15) is 4.83 Å². The molecule has 0 radical (unpaired) electrons. The number of hydrogen-bond acceptors (Lipinski definition) is 4. The molecule has 0 aromatic carbocycles. The van der Waals surface area contributed by atoms with Gasteiger partial charge in [0, 0.05) is 6.54 Å². The minimum absolute atomic E-state index is 0.00787. The highest BCUT2D eigenvalue weighted by atomic mass is 79.9. The van der Waals surface area contributed by atoms with Crippen LogP contribution in [0.3, 0.4) is 0 Å². The first-order valence-electron chi connectivity index (χ1n) is 6.50. The molecular formula is C13H17BrN2O2S. The first-order chi connectivity index (χ1) is 9.17. The number of hydrogen-bond donors (Lipinski definition) is 0. The van der Waals surface area contributed by atoms with E-state index in [1.165, 1.54) is 11.3 Å².